The second-order valence-electron chi connectivity index (χ2n) is 7.22. The number of amides is 3. The smallest absolute Gasteiger partial charge is 0.271 e. The molecule has 3 rings (SSSR count). The van der Waals surface area contributed by atoms with Gasteiger partial charge >= 0.3 is 0 Å². The number of nitro benzene ring substituents is 1. The molecular weight excluding hydrogens is 470 g/mol. The SMILES string of the molecule is CC(=O)Nc1ccc(C(=O)N/N=C/c2cc([N+](=O)[O-])ccc2Sc2ccccc2NC(C)=O)cc1. The third-order valence-corrected chi connectivity index (χ3v) is 5.63. The number of nitrogens with zero attached hydrogens (tertiary/aromatic N) is 2. The first kappa shape index (κ1) is 25.1. The van der Waals surface area contributed by atoms with Gasteiger partial charge in [-0.1, -0.05) is 23.9 Å². The van der Waals surface area contributed by atoms with Gasteiger partial charge < -0.3 is 10.6 Å². The van der Waals surface area contributed by atoms with Gasteiger partial charge in [-0.05, 0) is 42.5 Å². The predicted octanol–water partition coefficient (Wildman–Crippen LogP) is 4.43. The first-order chi connectivity index (χ1) is 16.7. The van der Waals surface area contributed by atoms with E-state index in [9.17, 15) is 24.5 Å². The number of para-hydroxylation sites is 1. The molecule has 35 heavy (non-hydrogen) atoms. The van der Waals surface area contributed by atoms with Gasteiger partial charge in [0.1, 0.15) is 0 Å². The number of anilines is 2. The van der Waals surface area contributed by atoms with Gasteiger partial charge in [0.2, 0.25) is 11.8 Å². The molecule has 11 heteroatoms. The highest BCUT2D eigenvalue weighted by molar-refractivity contribution is 7.99. The van der Waals surface area contributed by atoms with E-state index in [0.717, 1.165) is 4.90 Å². The van der Waals surface area contributed by atoms with Crippen LogP contribution in [-0.4, -0.2) is 28.9 Å². The monoisotopic (exact) mass is 491 g/mol. The summed E-state index contributed by atoms with van der Waals surface area (Å²) >= 11 is 1.29. The highest BCUT2D eigenvalue weighted by atomic mass is 32.2. The van der Waals surface area contributed by atoms with Crippen LogP contribution < -0.4 is 16.1 Å². The first-order valence-electron chi connectivity index (χ1n) is 10.3. The minimum Gasteiger partial charge on any atom is -0.326 e. The normalized spacial score (nSPS) is 10.6. The van der Waals surface area contributed by atoms with Gasteiger partial charge in [0.15, 0.2) is 0 Å². The van der Waals surface area contributed by atoms with E-state index in [4.69, 9.17) is 0 Å². The molecule has 178 valence electrons. The number of hydrazone groups is 1. The second-order valence-corrected chi connectivity index (χ2v) is 8.30. The Hall–Kier alpha value is -4.51. The standard InChI is InChI=1S/C24H21N5O5S/c1-15(30)26-19-9-7-17(8-10-19)24(32)28-25-14-18-13-20(29(33)34)11-12-22(18)35-23-6-4-3-5-21(23)27-16(2)31/h3-14H,1-2H3,(H,26,30)(H,27,31)(H,28,32)/b25-14+. The number of hydrogen-bond donors (Lipinski definition) is 3. The summed E-state index contributed by atoms with van der Waals surface area (Å²) in [6, 6.07) is 17.7. The summed E-state index contributed by atoms with van der Waals surface area (Å²) in [5.41, 5.74) is 4.13. The Bertz CT molecular complexity index is 1310. The number of non-ortho nitro benzene ring substituents is 1. The molecule has 0 saturated heterocycles. The van der Waals surface area contributed by atoms with Crippen molar-refractivity contribution in [2.75, 3.05) is 10.6 Å². The summed E-state index contributed by atoms with van der Waals surface area (Å²) in [6.07, 6.45) is 1.32. The number of hydrogen-bond acceptors (Lipinski definition) is 7. The minimum atomic E-state index is -0.522. The molecular formula is C24H21N5O5S. The molecule has 0 spiro atoms. The fourth-order valence-electron chi connectivity index (χ4n) is 2.94. The van der Waals surface area contributed by atoms with Crippen molar-refractivity contribution >= 4 is 52.8 Å². The maximum Gasteiger partial charge on any atom is 0.271 e. The lowest BCUT2D eigenvalue weighted by Crippen LogP contribution is -2.17. The van der Waals surface area contributed by atoms with Crippen molar-refractivity contribution in [1.82, 2.24) is 5.43 Å². The molecule has 0 aliphatic rings. The van der Waals surface area contributed by atoms with Crippen LogP contribution in [0.4, 0.5) is 17.1 Å². The van der Waals surface area contributed by atoms with Crippen molar-refractivity contribution in [2.45, 2.75) is 23.6 Å². The molecule has 0 unspecified atom stereocenters. The molecule has 0 aliphatic heterocycles. The third kappa shape index (κ3) is 7.24. The minimum absolute atomic E-state index is 0.133. The molecule has 0 saturated carbocycles. The van der Waals surface area contributed by atoms with Gasteiger partial charge in [0.05, 0.1) is 16.8 Å². The predicted molar refractivity (Wildman–Crippen MR) is 134 cm³/mol. The topological polar surface area (TPSA) is 143 Å². The maximum atomic E-state index is 12.4. The maximum absolute atomic E-state index is 12.4. The van der Waals surface area contributed by atoms with Gasteiger partial charge in [0, 0.05) is 52.6 Å². The Balaban J connectivity index is 1.81. The fourth-order valence-corrected chi connectivity index (χ4v) is 3.92. The molecule has 0 atom stereocenters. The lowest BCUT2D eigenvalue weighted by Gasteiger charge is -2.11. The van der Waals surface area contributed by atoms with E-state index in [1.165, 1.54) is 56.1 Å². The van der Waals surface area contributed by atoms with Crippen molar-refractivity contribution in [2.24, 2.45) is 5.10 Å². The van der Waals surface area contributed by atoms with Crippen LogP contribution in [0.15, 0.2) is 81.6 Å². The molecule has 0 aliphatic carbocycles. The van der Waals surface area contributed by atoms with E-state index >= 15 is 0 Å². The van der Waals surface area contributed by atoms with E-state index in [2.05, 4.69) is 21.2 Å². The van der Waals surface area contributed by atoms with Crippen LogP contribution in [-0.2, 0) is 9.59 Å². The number of nitrogens with one attached hydrogen (secondary N) is 3. The molecule has 0 aromatic heterocycles. The molecule has 0 radical (unpaired) electrons. The Morgan fingerprint density at radius 2 is 1.60 bits per heavy atom. The molecule has 3 N–H and O–H groups in total. The number of rotatable bonds is 8. The van der Waals surface area contributed by atoms with E-state index in [1.807, 2.05) is 12.1 Å². The quantitative estimate of drug-likeness (QED) is 0.242. The fraction of sp³-hybridized carbons (Fsp3) is 0.0833. The highest BCUT2D eigenvalue weighted by Gasteiger charge is 2.13. The van der Waals surface area contributed by atoms with Gasteiger partial charge in [-0.2, -0.15) is 5.10 Å². The molecule has 3 aromatic carbocycles. The van der Waals surface area contributed by atoms with Gasteiger partial charge in [-0.3, -0.25) is 24.5 Å². The number of carbonyl (C=O) groups excluding carboxylic acids is 3. The zero-order valence-electron chi connectivity index (χ0n) is 18.8. The van der Waals surface area contributed by atoms with Crippen molar-refractivity contribution < 1.29 is 19.3 Å². The molecule has 0 bridgehead atoms. The van der Waals surface area contributed by atoms with Crippen LogP contribution in [0.3, 0.4) is 0 Å². The highest BCUT2D eigenvalue weighted by Crippen LogP contribution is 2.36. The summed E-state index contributed by atoms with van der Waals surface area (Å²) in [6.45, 7) is 2.79. The average Bonchev–Trinajstić information content (AvgIpc) is 2.80. The number of benzene rings is 3. The average molecular weight is 492 g/mol. The number of nitro groups is 1. The zero-order chi connectivity index (χ0) is 25.4. The van der Waals surface area contributed by atoms with Gasteiger partial charge in [-0.25, -0.2) is 5.43 Å². The van der Waals surface area contributed by atoms with Crippen LogP contribution >= 0.6 is 11.8 Å². The van der Waals surface area contributed by atoms with Gasteiger partial charge in [-0.15, -0.1) is 0 Å². The lowest BCUT2D eigenvalue weighted by atomic mass is 10.2. The second kappa shape index (κ2) is 11.6. The Morgan fingerprint density at radius 1 is 0.914 bits per heavy atom. The summed E-state index contributed by atoms with van der Waals surface area (Å²) in [5.74, 6) is -0.945. The summed E-state index contributed by atoms with van der Waals surface area (Å²) < 4.78 is 0. The Labute approximate surface area is 205 Å². The van der Waals surface area contributed by atoms with Crippen LogP contribution in [0.1, 0.15) is 29.8 Å². The summed E-state index contributed by atoms with van der Waals surface area (Å²) in [5, 5.41) is 20.6. The van der Waals surface area contributed by atoms with E-state index in [1.54, 1.807) is 30.3 Å². The summed E-state index contributed by atoms with van der Waals surface area (Å²) in [7, 11) is 0. The Morgan fingerprint density at radius 3 is 2.26 bits per heavy atom. The van der Waals surface area contributed by atoms with Crippen LogP contribution in [0, 0.1) is 10.1 Å². The van der Waals surface area contributed by atoms with Crippen molar-refractivity contribution in [1.29, 1.82) is 0 Å². The van der Waals surface area contributed by atoms with Crippen LogP contribution in [0.2, 0.25) is 0 Å². The van der Waals surface area contributed by atoms with E-state index in [0.29, 0.717) is 27.4 Å². The molecule has 0 fully saturated rings. The Kier molecular flexibility index (Phi) is 8.30. The van der Waals surface area contributed by atoms with Crippen LogP contribution in [0.5, 0.6) is 0 Å². The largest absolute Gasteiger partial charge is 0.326 e. The number of carbonyl (C=O) groups is 3. The van der Waals surface area contributed by atoms with E-state index in [-0.39, 0.29) is 17.5 Å². The molecule has 10 nitrogen and oxygen atoms in total. The van der Waals surface area contributed by atoms with Gasteiger partial charge in [0.25, 0.3) is 11.6 Å². The third-order valence-electron chi connectivity index (χ3n) is 4.46. The van der Waals surface area contributed by atoms with Crippen molar-refractivity contribution in [3.05, 3.63) is 88.0 Å². The van der Waals surface area contributed by atoms with Crippen LogP contribution in [0.25, 0.3) is 0 Å². The van der Waals surface area contributed by atoms with E-state index < -0.39 is 10.8 Å². The van der Waals surface area contributed by atoms with Crippen molar-refractivity contribution in [3.63, 3.8) is 0 Å². The summed E-state index contributed by atoms with van der Waals surface area (Å²) in [4.78, 5) is 47.1. The van der Waals surface area contributed by atoms with Crippen molar-refractivity contribution in [3.8, 4) is 0 Å². The molecule has 3 aromatic rings. The molecule has 3 amide bonds. The first-order valence-corrected chi connectivity index (χ1v) is 11.1. The molecule has 0 heterocycles. The lowest BCUT2D eigenvalue weighted by molar-refractivity contribution is -0.384. The zero-order valence-corrected chi connectivity index (χ0v) is 19.6.